The number of halogens is 2. The molecule has 4 aromatic carbocycles. The van der Waals surface area contributed by atoms with E-state index >= 15 is 0 Å². The van der Waals surface area contributed by atoms with E-state index in [1.54, 1.807) is 31.4 Å². The molecule has 0 aliphatic rings. The SMILES string of the molecule is COc1ccc(NCC(O)(c2ccc(Cl)cc2)c2nnn(Cc3ccccc3)c2-c2ccc(Cl)cc2)cc1. The molecule has 0 amide bonds. The molecule has 1 aromatic heterocycles. The number of rotatable bonds is 9. The molecule has 1 atom stereocenters. The zero-order chi connectivity index (χ0) is 26.5. The molecule has 0 bridgehead atoms. The van der Waals surface area contributed by atoms with Gasteiger partial charge in [-0.05, 0) is 59.7 Å². The standard InChI is InChI=1S/C30H26Cl2N4O2/c1-38-27-17-15-26(16-18-27)33-20-30(37,23-9-13-25(32)14-10-23)29-28(22-7-11-24(31)12-8-22)36(35-34-29)19-21-5-3-2-4-6-21/h2-18,33,37H,19-20H2,1H3. The Kier molecular flexibility index (Phi) is 7.65. The van der Waals surface area contributed by atoms with Crippen molar-refractivity contribution in [2.24, 2.45) is 0 Å². The maximum Gasteiger partial charge on any atom is 0.153 e. The number of hydrogen-bond donors (Lipinski definition) is 2. The van der Waals surface area contributed by atoms with Gasteiger partial charge in [-0.15, -0.1) is 5.10 Å². The van der Waals surface area contributed by atoms with Crippen LogP contribution in [0.15, 0.2) is 103 Å². The van der Waals surface area contributed by atoms with Gasteiger partial charge in [0.15, 0.2) is 5.60 Å². The number of nitrogens with one attached hydrogen (secondary N) is 1. The molecule has 38 heavy (non-hydrogen) atoms. The maximum absolute atomic E-state index is 12.4. The lowest BCUT2D eigenvalue weighted by atomic mass is 9.87. The third kappa shape index (κ3) is 5.53. The molecule has 192 valence electrons. The monoisotopic (exact) mass is 544 g/mol. The second-order valence-corrected chi connectivity index (χ2v) is 9.76. The van der Waals surface area contributed by atoms with Crippen LogP contribution in [-0.2, 0) is 12.1 Å². The first-order chi connectivity index (χ1) is 18.5. The van der Waals surface area contributed by atoms with Crippen molar-refractivity contribution in [3.63, 3.8) is 0 Å². The molecule has 0 radical (unpaired) electrons. The first kappa shape index (κ1) is 25.8. The highest BCUT2D eigenvalue weighted by Crippen LogP contribution is 2.37. The van der Waals surface area contributed by atoms with Crippen LogP contribution in [0, 0.1) is 0 Å². The number of benzene rings is 4. The van der Waals surface area contributed by atoms with Gasteiger partial charge in [-0.2, -0.15) is 0 Å². The average Bonchev–Trinajstić information content (AvgIpc) is 3.37. The summed E-state index contributed by atoms with van der Waals surface area (Å²) in [6.45, 7) is 0.611. The molecular weight excluding hydrogens is 519 g/mol. The van der Waals surface area contributed by atoms with Gasteiger partial charge >= 0.3 is 0 Å². The van der Waals surface area contributed by atoms with Crippen LogP contribution in [0.2, 0.25) is 10.0 Å². The van der Waals surface area contributed by atoms with E-state index in [-0.39, 0.29) is 6.54 Å². The molecule has 0 aliphatic heterocycles. The number of nitrogens with zero attached hydrogens (tertiary/aromatic N) is 3. The number of methoxy groups -OCH3 is 1. The van der Waals surface area contributed by atoms with Crippen molar-refractivity contribution in [3.05, 3.63) is 130 Å². The molecule has 0 aliphatic carbocycles. The summed E-state index contributed by atoms with van der Waals surface area (Å²) in [5.41, 5.74) is 2.91. The molecule has 0 fully saturated rings. The van der Waals surface area contributed by atoms with Gasteiger partial charge in [0.05, 0.1) is 25.9 Å². The van der Waals surface area contributed by atoms with E-state index in [1.165, 1.54) is 0 Å². The van der Waals surface area contributed by atoms with E-state index in [0.29, 0.717) is 33.5 Å². The fraction of sp³-hybridized carbons (Fsp3) is 0.133. The van der Waals surface area contributed by atoms with E-state index in [1.807, 2.05) is 83.5 Å². The van der Waals surface area contributed by atoms with Crippen LogP contribution in [0.1, 0.15) is 16.8 Å². The van der Waals surface area contributed by atoms with Crippen LogP contribution in [0.25, 0.3) is 11.3 Å². The number of aromatic nitrogens is 3. The van der Waals surface area contributed by atoms with Crippen molar-refractivity contribution in [2.75, 3.05) is 19.0 Å². The normalized spacial score (nSPS) is 12.6. The summed E-state index contributed by atoms with van der Waals surface area (Å²) in [5, 5.41) is 26.0. The molecule has 5 aromatic rings. The summed E-state index contributed by atoms with van der Waals surface area (Å²) in [7, 11) is 1.62. The Morgan fingerprint density at radius 3 is 2.11 bits per heavy atom. The summed E-state index contributed by atoms with van der Waals surface area (Å²) in [4.78, 5) is 0. The number of anilines is 1. The molecule has 0 spiro atoms. The lowest BCUT2D eigenvalue weighted by Crippen LogP contribution is -2.36. The summed E-state index contributed by atoms with van der Waals surface area (Å²) < 4.78 is 7.08. The maximum atomic E-state index is 12.4. The van der Waals surface area contributed by atoms with Crippen molar-refractivity contribution in [1.82, 2.24) is 15.0 Å². The number of ether oxygens (including phenoxy) is 1. The Hall–Kier alpha value is -3.84. The fourth-order valence-corrected chi connectivity index (χ4v) is 4.59. The highest BCUT2D eigenvalue weighted by Gasteiger charge is 2.38. The Morgan fingerprint density at radius 2 is 1.47 bits per heavy atom. The van der Waals surface area contributed by atoms with Gasteiger partial charge in [0.1, 0.15) is 11.4 Å². The first-order valence-corrected chi connectivity index (χ1v) is 12.8. The van der Waals surface area contributed by atoms with Crippen molar-refractivity contribution in [1.29, 1.82) is 0 Å². The molecule has 2 N–H and O–H groups in total. The smallest absolute Gasteiger partial charge is 0.153 e. The predicted molar refractivity (Wildman–Crippen MR) is 152 cm³/mol. The van der Waals surface area contributed by atoms with Gasteiger partial charge in [-0.25, -0.2) is 4.68 Å². The van der Waals surface area contributed by atoms with Crippen LogP contribution in [0.4, 0.5) is 5.69 Å². The Bertz CT molecular complexity index is 1490. The topological polar surface area (TPSA) is 72.2 Å². The molecular formula is C30H26Cl2N4O2. The van der Waals surface area contributed by atoms with E-state index in [0.717, 1.165) is 22.6 Å². The van der Waals surface area contributed by atoms with Crippen molar-refractivity contribution in [3.8, 4) is 17.0 Å². The minimum absolute atomic E-state index is 0.131. The van der Waals surface area contributed by atoms with Crippen molar-refractivity contribution in [2.45, 2.75) is 12.1 Å². The van der Waals surface area contributed by atoms with Gasteiger partial charge in [0.25, 0.3) is 0 Å². The van der Waals surface area contributed by atoms with Crippen LogP contribution in [0.3, 0.4) is 0 Å². The van der Waals surface area contributed by atoms with Crippen molar-refractivity contribution < 1.29 is 9.84 Å². The predicted octanol–water partition coefficient (Wildman–Crippen LogP) is 6.66. The van der Waals surface area contributed by atoms with E-state index in [9.17, 15) is 5.11 Å². The van der Waals surface area contributed by atoms with Crippen molar-refractivity contribution >= 4 is 28.9 Å². The lowest BCUT2D eigenvalue weighted by Gasteiger charge is -2.29. The molecule has 0 saturated heterocycles. The highest BCUT2D eigenvalue weighted by atomic mass is 35.5. The van der Waals surface area contributed by atoms with Crippen LogP contribution >= 0.6 is 23.2 Å². The van der Waals surface area contributed by atoms with Gasteiger partial charge in [0.2, 0.25) is 0 Å². The van der Waals surface area contributed by atoms with Crippen LogP contribution in [0.5, 0.6) is 5.75 Å². The van der Waals surface area contributed by atoms with Gasteiger partial charge in [-0.3, -0.25) is 0 Å². The number of hydrogen-bond acceptors (Lipinski definition) is 5. The van der Waals surface area contributed by atoms with E-state index in [4.69, 9.17) is 27.9 Å². The molecule has 8 heteroatoms. The fourth-order valence-electron chi connectivity index (χ4n) is 4.34. The summed E-state index contributed by atoms with van der Waals surface area (Å²) in [6.07, 6.45) is 0. The minimum atomic E-state index is -1.55. The van der Waals surface area contributed by atoms with E-state index < -0.39 is 5.60 Å². The zero-order valence-corrected chi connectivity index (χ0v) is 22.2. The van der Waals surface area contributed by atoms with E-state index in [2.05, 4.69) is 15.6 Å². The van der Waals surface area contributed by atoms with Gasteiger partial charge < -0.3 is 15.2 Å². The molecule has 1 unspecified atom stereocenters. The van der Waals surface area contributed by atoms with Crippen LogP contribution < -0.4 is 10.1 Å². The molecule has 6 nitrogen and oxygen atoms in total. The molecule has 5 rings (SSSR count). The average molecular weight is 545 g/mol. The van der Waals surface area contributed by atoms with Crippen LogP contribution in [-0.4, -0.2) is 33.8 Å². The zero-order valence-electron chi connectivity index (χ0n) is 20.7. The second kappa shape index (κ2) is 11.3. The molecule has 1 heterocycles. The Labute approximate surface area is 231 Å². The highest BCUT2D eigenvalue weighted by molar-refractivity contribution is 6.30. The summed E-state index contributed by atoms with van der Waals surface area (Å²) in [6, 6.07) is 32.1. The quantitative estimate of drug-likeness (QED) is 0.217. The van der Waals surface area contributed by atoms with Gasteiger partial charge in [0, 0.05) is 21.3 Å². The lowest BCUT2D eigenvalue weighted by molar-refractivity contribution is 0.0907. The summed E-state index contributed by atoms with van der Waals surface area (Å²) >= 11 is 12.4. The summed E-state index contributed by atoms with van der Waals surface area (Å²) in [5.74, 6) is 0.748. The minimum Gasteiger partial charge on any atom is -0.497 e. The largest absolute Gasteiger partial charge is 0.497 e. The molecule has 0 saturated carbocycles. The number of aliphatic hydroxyl groups is 1. The Balaban J connectivity index is 1.62. The first-order valence-electron chi connectivity index (χ1n) is 12.1. The third-order valence-corrected chi connectivity index (χ3v) is 6.88. The van der Waals surface area contributed by atoms with Gasteiger partial charge in [-0.1, -0.05) is 83.0 Å². The third-order valence-electron chi connectivity index (χ3n) is 6.38. The second-order valence-electron chi connectivity index (χ2n) is 8.89. The Morgan fingerprint density at radius 1 is 0.842 bits per heavy atom.